The van der Waals surface area contributed by atoms with Crippen LogP contribution in [0.3, 0.4) is 0 Å². The number of hydrogen-bond donors (Lipinski definition) is 0. The highest BCUT2D eigenvalue weighted by atomic mass is 16.7. The van der Waals surface area contributed by atoms with E-state index < -0.39 is 12.6 Å². The Morgan fingerprint density at radius 3 is 1.35 bits per heavy atom. The second-order valence-electron chi connectivity index (χ2n) is 7.49. The summed E-state index contributed by atoms with van der Waals surface area (Å²) in [7, 11) is 6.20. The maximum absolute atomic E-state index is 11.4. The van der Waals surface area contributed by atoms with Gasteiger partial charge >= 0.3 is 0 Å². The van der Waals surface area contributed by atoms with Gasteiger partial charge in [0.25, 0.3) is 0 Å². The van der Waals surface area contributed by atoms with Crippen LogP contribution in [0.25, 0.3) is 12.2 Å². The van der Waals surface area contributed by atoms with Gasteiger partial charge in [0.2, 0.25) is 12.6 Å². The van der Waals surface area contributed by atoms with Crippen molar-refractivity contribution in [1.29, 1.82) is 0 Å². The van der Waals surface area contributed by atoms with Crippen LogP contribution in [-0.4, -0.2) is 52.6 Å². The fourth-order valence-electron chi connectivity index (χ4n) is 3.44. The average molecular weight is 469 g/mol. The van der Waals surface area contributed by atoms with Crippen LogP contribution >= 0.6 is 0 Å². The third-order valence-electron chi connectivity index (χ3n) is 5.28. The molecule has 2 atom stereocenters. The number of carbonyl (C=O) groups excluding carboxylic acids is 2. The smallest absolute Gasteiger partial charge is 0.229 e. The molecule has 0 spiro atoms. The summed E-state index contributed by atoms with van der Waals surface area (Å²) in [5.41, 5.74) is 2.74. The van der Waals surface area contributed by atoms with E-state index in [-0.39, 0.29) is 11.6 Å². The molecule has 0 amide bonds. The van der Waals surface area contributed by atoms with Crippen molar-refractivity contribution in [2.75, 3.05) is 28.4 Å². The third kappa shape index (κ3) is 5.47. The van der Waals surface area contributed by atoms with Gasteiger partial charge in [0.15, 0.2) is 11.6 Å². The number of fused-ring (bicyclic) bond motifs is 2. The maximum Gasteiger partial charge on any atom is 0.229 e. The number of Topliss-reactive ketones (excluding diaryl/α,β-unsaturated/α-hetero) is 2. The lowest BCUT2D eigenvalue weighted by Crippen LogP contribution is -2.27. The molecule has 0 saturated heterocycles. The lowest BCUT2D eigenvalue weighted by Gasteiger charge is -2.24. The van der Waals surface area contributed by atoms with E-state index in [0.29, 0.717) is 34.1 Å². The first-order valence-electron chi connectivity index (χ1n) is 10.5. The van der Waals surface area contributed by atoms with Crippen molar-refractivity contribution in [1.82, 2.24) is 0 Å². The summed E-state index contributed by atoms with van der Waals surface area (Å²) >= 11 is 0. The molecule has 0 fully saturated rings. The van der Waals surface area contributed by atoms with Crippen molar-refractivity contribution in [2.24, 2.45) is 0 Å². The lowest BCUT2D eigenvalue weighted by atomic mass is 10.0. The van der Waals surface area contributed by atoms with Gasteiger partial charge in [-0.1, -0.05) is 0 Å². The van der Waals surface area contributed by atoms with Gasteiger partial charge in [0, 0.05) is 37.5 Å². The zero-order chi connectivity index (χ0) is 24.8. The van der Waals surface area contributed by atoms with Gasteiger partial charge in [0.05, 0.1) is 25.4 Å². The minimum atomic E-state index is -0.646. The Morgan fingerprint density at radius 2 is 1.06 bits per heavy atom. The molecule has 8 heteroatoms. The number of benzene rings is 2. The highest BCUT2D eigenvalue weighted by molar-refractivity contribution is 6.00. The Morgan fingerprint density at radius 1 is 0.676 bits per heavy atom. The van der Waals surface area contributed by atoms with Gasteiger partial charge in [-0.25, -0.2) is 0 Å². The predicted molar refractivity (Wildman–Crippen MR) is 126 cm³/mol. The van der Waals surface area contributed by atoms with E-state index in [1.54, 1.807) is 38.5 Å². The van der Waals surface area contributed by atoms with Crippen molar-refractivity contribution in [3.05, 3.63) is 58.7 Å². The van der Waals surface area contributed by atoms with E-state index >= 15 is 0 Å². The first-order valence-corrected chi connectivity index (χ1v) is 10.5. The first-order chi connectivity index (χ1) is 16.3. The molecule has 2 heterocycles. The van der Waals surface area contributed by atoms with Gasteiger partial charge in [-0.15, -0.1) is 0 Å². The summed E-state index contributed by atoms with van der Waals surface area (Å²) in [6, 6.07) is 10.9. The molecule has 34 heavy (non-hydrogen) atoms. The molecule has 4 rings (SSSR count). The van der Waals surface area contributed by atoms with Crippen LogP contribution in [0.15, 0.2) is 47.5 Å². The van der Waals surface area contributed by atoms with Crippen molar-refractivity contribution >= 4 is 23.7 Å². The number of carbonyl (C=O) groups is 2. The highest BCUT2D eigenvalue weighted by Gasteiger charge is 2.26. The molecule has 2 aromatic carbocycles. The molecule has 8 nitrogen and oxygen atoms in total. The molecule has 2 aliphatic heterocycles. The largest absolute Gasteiger partial charge is 0.497 e. The Hall–Kier alpha value is -3.62. The van der Waals surface area contributed by atoms with Gasteiger partial charge in [-0.05, 0) is 50.3 Å². The summed E-state index contributed by atoms with van der Waals surface area (Å²) in [6.07, 6.45) is 2.28. The molecule has 0 saturated carbocycles. The standard InChI is InChI=1S/2C13H14O4/c2*1-8(14)11-6-9-4-5-10(15-2)7-12(9)17-13(11)16-3/h2*4-7,13H,1-3H3. The van der Waals surface area contributed by atoms with E-state index in [4.69, 9.17) is 28.4 Å². The number of hydrogen-bond acceptors (Lipinski definition) is 8. The molecule has 2 aromatic rings. The topological polar surface area (TPSA) is 89.5 Å². The Kier molecular flexibility index (Phi) is 8.09. The van der Waals surface area contributed by atoms with E-state index in [2.05, 4.69) is 0 Å². The fraction of sp³-hybridized carbons (Fsp3) is 0.308. The van der Waals surface area contributed by atoms with Crippen molar-refractivity contribution in [3.63, 3.8) is 0 Å². The maximum atomic E-state index is 11.4. The number of ketones is 2. The van der Waals surface area contributed by atoms with E-state index in [9.17, 15) is 9.59 Å². The van der Waals surface area contributed by atoms with Crippen molar-refractivity contribution in [3.8, 4) is 23.0 Å². The van der Waals surface area contributed by atoms with Crippen LogP contribution in [0.2, 0.25) is 0 Å². The Balaban J connectivity index is 0.000000191. The molecule has 0 bridgehead atoms. The first kappa shape index (κ1) is 25.0. The van der Waals surface area contributed by atoms with Crippen molar-refractivity contribution < 1.29 is 38.0 Å². The normalized spacial score (nSPS) is 17.8. The lowest BCUT2D eigenvalue weighted by molar-refractivity contribution is -0.118. The monoisotopic (exact) mass is 468 g/mol. The molecule has 0 aliphatic carbocycles. The van der Waals surface area contributed by atoms with Crippen LogP contribution in [-0.2, 0) is 19.1 Å². The summed E-state index contributed by atoms with van der Waals surface area (Å²) in [5, 5.41) is 0. The second kappa shape index (κ2) is 11.0. The molecule has 180 valence electrons. The Bertz CT molecular complexity index is 1040. The molecule has 0 radical (unpaired) electrons. The van der Waals surface area contributed by atoms with Gasteiger partial charge in [-0.2, -0.15) is 0 Å². The zero-order valence-corrected chi connectivity index (χ0v) is 20.0. The van der Waals surface area contributed by atoms with Crippen LogP contribution in [0, 0.1) is 0 Å². The quantitative estimate of drug-likeness (QED) is 0.627. The molecular formula is C26H28O8. The zero-order valence-electron chi connectivity index (χ0n) is 20.0. The van der Waals surface area contributed by atoms with Crippen LogP contribution in [0.4, 0.5) is 0 Å². The molecular weight excluding hydrogens is 440 g/mol. The van der Waals surface area contributed by atoms with Gasteiger partial charge < -0.3 is 28.4 Å². The second-order valence-corrected chi connectivity index (χ2v) is 7.49. The average Bonchev–Trinajstić information content (AvgIpc) is 2.86. The minimum Gasteiger partial charge on any atom is -0.497 e. The molecule has 0 aromatic heterocycles. The van der Waals surface area contributed by atoms with E-state index in [1.165, 1.54) is 28.1 Å². The SMILES string of the molecule is COc1ccc2c(c1)OC(OC)C(C(C)=O)=C2.COc1ccc2c(c1)OC(OC)C(C(C)=O)=C2. The summed E-state index contributed by atoms with van der Waals surface area (Å²) in [6.45, 7) is 2.99. The fourth-order valence-corrected chi connectivity index (χ4v) is 3.44. The predicted octanol–water partition coefficient (Wildman–Crippen LogP) is 4.07. The number of rotatable bonds is 6. The summed E-state index contributed by atoms with van der Waals surface area (Å²) in [4.78, 5) is 22.9. The van der Waals surface area contributed by atoms with Crippen molar-refractivity contribution in [2.45, 2.75) is 26.4 Å². The van der Waals surface area contributed by atoms with Gasteiger partial charge in [0.1, 0.15) is 23.0 Å². The third-order valence-corrected chi connectivity index (χ3v) is 5.28. The molecule has 0 N–H and O–H groups in total. The molecule has 2 aliphatic rings. The van der Waals surface area contributed by atoms with Gasteiger partial charge in [-0.3, -0.25) is 9.59 Å². The van der Waals surface area contributed by atoms with E-state index in [1.807, 2.05) is 24.3 Å². The van der Waals surface area contributed by atoms with Crippen LogP contribution in [0.1, 0.15) is 25.0 Å². The van der Waals surface area contributed by atoms with E-state index in [0.717, 1.165) is 11.1 Å². The molecule has 2 unspecified atom stereocenters. The summed E-state index contributed by atoms with van der Waals surface area (Å²) < 4.78 is 31.7. The minimum absolute atomic E-state index is 0.0571. The number of methoxy groups -OCH3 is 4. The number of ether oxygens (including phenoxy) is 6. The Labute approximate surface area is 198 Å². The van der Waals surface area contributed by atoms with Crippen LogP contribution in [0.5, 0.6) is 23.0 Å². The van der Waals surface area contributed by atoms with Crippen LogP contribution < -0.4 is 18.9 Å². The highest BCUT2D eigenvalue weighted by Crippen LogP contribution is 2.34. The summed E-state index contributed by atoms with van der Waals surface area (Å²) in [5.74, 6) is 2.61.